The SMILES string of the molecule is CC(C)Oc1ccc(C(=O)N2CCCC(C(F)(F)F)C2)cc1N. The minimum Gasteiger partial charge on any atom is -0.489 e. The Morgan fingerprint density at radius 2 is 2.09 bits per heavy atom. The number of carbonyl (C=O) groups is 1. The molecule has 7 heteroatoms. The molecule has 1 heterocycles. The van der Waals surface area contributed by atoms with Crippen LogP contribution in [0.5, 0.6) is 5.75 Å². The van der Waals surface area contributed by atoms with Crippen molar-refractivity contribution in [3.63, 3.8) is 0 Å². The molecule has 1 aliphatic heterocycles. The van der Waals surface area contributed by atoms with E-state index in [0.717, 1.165) is 0 Å². The summed E-state index contributed by atoms with van der Waals surface area (Å²) in [4.78, 5) is 13.7. The van der Waals surface area contributed by atoms with Crippen molar-refractivity contribution >= 4 is 11.6 Å². The first-order chi connectivity index (χ1) is 10.7. The third-order valence-corrected chi connectivity index (χ3v) is 3.79. The summed E-state index contributed by atoms with van der Waals surface area (Å²) in [5.74, 6) is -1.42. The Kier molecular flexibility index (Phi) is 5.06. The van der Waals surface area contributed by atoms with E-state index in [9.17, 15) is 18.0 Å². The van der Waals surface area contributed by atoms with Crippen molar-refractivity contribution in [2.75, 3.05) is 18.8 Å². The van der Waals surface area contributed by atoms with Gasteiger partial charge in [0.1, 0.15) is 5.75 Å². The average Bonchev–Trinajstić information content (AvgIpc) is 2.47. The summed E-state index contributed by atoms with van der Waals surface area (Å²) < 4.78 is 44.0. The zero-order valence-electron chi connectivity index (χ0n) is 13.2. The number of benzene rings is 1. The molecule has 0 radical (unpaired) electrons. The Balaban J connectivity index is 2.12. The van der Waals surface area contributed by atoms with Gasteiger partial charge in [0, 0.05) is 18.7 Å². The molecule has 0 spiro atoms. The maximum atomic E-state index is 12.8. The monoisotopic (exact) mass is 330 g/mol. The number of nitrogens with two attached hydrogens (primary N) is 1. The summed E-state index contributed by atoms with van der Waals surface area (Å²) >= 11 is 0. The molecule has 1 fully saturated rings. The summed E-state index contributed by atoms with van der Waals surface area (Å²) in [6.07, 6.45) is -3.92. The molecular formula is C16H21F3N2O2. The predicted molar refractivity (Wildman–Crippen MR) is 81.3 cm³/mol. The summed E-state index contributed by atoms with van der Waals surface area (Å²) in [6, 6.07) is 4.57. The van der Waals surface area contributed by atoms with Gasteiger partial charge in [0.05, 0.1) is 17.7 Å². The maximum Gasteiger partial charge on any atom is 0.393 e. The second kappa shape index (κ2) is 6.68. The normalized spacial score (nSPS) is 19.0. The summed E-state index contributed by atoms with van der Waals surface area (Å²) in [6.45, 7) is 3.73. The van der Waals surface area contributed by atoms with Crippen LogP contribution in [0.4, 0.5) is 18.9 Å². The largest absolute Gasteiger partial charge is 0.489 e. The molecule has 0 bridgehead atoms. The number of halogens is 3. The lowest BCUT2D eigenvalue weighted by Crippen LogP contribution is -2.44. The quantitative estimate of drug-likeness (QED) is 0.864. The topological polar surface area (TPSA) is 55.6 Å². The fraction of sp³-hybridized carbons (Fsp3) is 0.562. The first kappa shape index (κ1) is 17.4. The smallest absolute Gasteiger partial charge is 0.393 e. The number of ether oxygens (including phenoxy) is 1. The van der Waals surface area contributed by atoms with Gasteiger partial charge < -0.3 is 15.4 Å². The number of likely N-dealkylation sites (tertiary alicyclic amines) is 1. The molecule has 4 nitrogen and oxygen atoms in total. The Hall–Kier alpha value is -1.92. The zero-order valence-corrected chi connectivity index (χ0v) is 13.2. The standard InChI is InChI=1S/C16H21F3N2O2/c1-10(2)23-14-6-5-11(8-13(14)20)15(22)21-7-3-4-12(9-21)16(17,18)19/h5-6,8,10,12H,3-4,7,9,20H2,1-2H3. The van der Waals surface area contributed by atoms with Crippen LogP contribution >= 0.6 is 0 Å². The van der Waals surface area contributed by atoms with Crippen LogP contribution in [-0.2, 0) is 0 Å². The minimum atomic E-state index is -4.27. The van der Waals surface area contributed by atoms with Gasteiger partial charge in [-0.05, 0) is 44.9 Å². The van der Waals surface area contributed by atoms with Crippen LogP contribution in [0.2, 0.25) is 0 Å². The molecule has 1 aromatic rings. The molecule has 1 amide bonds. The zero-order chi connectivity index (χ0) is 17.2. The van der Waals surface area contributed by atoms with Crippen molar-refractivity contribution in [3.8, 4) is 5.75 Å². The number of nitrogen functional groups attached to an aromatic ring is 1. The van der Waals surface area contributed by atoms with E-state index in [-0.39, 0.29) is 24.6 Å². The third-order valence-electron chi connectivity index (χ3n) is 3.79. The number of alkyl halides is 3. The van der Waals surface area contributed by atoms with Gasteiger partial charge in [-0.3, -0.25) is 4.79 Å². The number of anilines is 1. The molecule has 0 aromatic heterocycles. The van der Waals surface area contributed by atoms with E-state index in [4.69, 9.17) is 10.5 Å². The fourth-order valence-electron chi connectivity index (χ4n) is 2.65. The van der Waals surface area contributed by atoms with E-state index in [2.05, 4.69) is 0 Å². The van der Waals surface area contributed by atoms with Crippen molar-refractivity contribution in [1.29, 1.82) is 0 Å². The first-order valence-electron chi connectivity index (χ1n) is 7.60. The van der Waals surface area contributed by atoms with Gasteiger partial charge in [-0.1, -0.05) is 0 Å². The molecule has 0 saturated carbocycles. The van der Waals surface area contributed by atoms with Gasteiger partial charge in [-0.2, -0.15) is 13.2 Å². The van der Waals surface area contributed by atoms with Gasteiger partial charge in [-0.15, -0.1) is 0 Å². The number of hydrogen-bond acceptors (Lipinski definition) is 3. The van der Waals surface area contributed by atoms with Crippen molar-refractivity contribution in [1.82, 2.24) is 4.90 Å². The second-order valence-electron chi connectivity index (χ2n) is 6.05. The highest BCUT2D eigenvalue weighted by Gasteiger charge is 2.42. The lowest BCUT2D eigenvalue weighted by molar-refractivity contribution is -0.184. The fourth-order valence-corrected chi connectivity index (χ4v) is 2.65. The molecule has 2 N–H and O–H groups in total. The van der Waals surface area contributed by atoms with Gasteiger partial charge in [0.25, 0.3) is 5.91 Å². The van der Waals surface area contributed by atoms with Crippen molar-refractivity contribution in [2.24, 2.45) is 5.92 Å². The Labute approximate surface area is 133 Å². The lowest BCUT2D eigenvalue weighted by Gasteiger charge is -2.33. The minimum absolute atomic E-state index is 0.0616. The van der Waals surface area contributed by atoms with Gasteiger partial charge in [-0.25, -0.2) is 0 Å². The van der Waals surface area contributed by atoms with Crippen molar-refractivity contribution < 1.29 is 22.7 Å². The number of piperidine rings is 1. The van der Waals surface area contributed by atoms with E-state index >= 15 is 0 Å². The van der Waals surface area contributed by atoms with Crippen LogP contribution < -0.4 is 10.5 Å². The highest BCUT2D eigenvalue weighted by atomic mass is 19.4. The summed E-state index contributed by atoms with van der Waals surface area (Å²) in [7, 11) is 0. The predicted octanol–water partition coefficient (Wildman–Crippen LogP) is 3.47. The van der Waals surface area contributed by atoms with Crippen molar-refractivity contribution in [3.05, 3.63) is 23.8 Å². The molecule has 1 aromatic carbocycles. The van der Waals surface area contributed by atoms with E-state index < -0.39 is 18.0 Å². The van der Waals surface area contributed by atoms with E-state index in [0.29, 0.717) is 24.4 Å². The van der Waals surface area contributed by atoms with Crippen LogP contribution in [-0.4, -0.2) is 36.2 Å². The third kappa shape index (κ3) is 4.30. The molecule has 23 heavy (non-hydrogen) atoms. The van der Waals surface area contributed by atoms with Crippen LogP contribution in [0.15, 0.2) is 18.2 Å². The molecule has 1 atom stereocenters. The van der Waals surface area contributed by atoms with Crippen LogP contribution in [0, 0.1) is 5.92 Å². The Bertz CT molecular complexity index is 573. The van der Waals surface area contributed by atoms with E-state index in [1.54, 1.807) is 6.07 Å². The molecule has 1 aliphatic rings. The number of hydrogen-bond donors (Lipinski definition) is 1. The van der Waals surface area contributed by atoms with Gasteiger partial charge in [0.2, 0.25) is 0 Å². The molecule has 128 valence electrons. The highest BCUT2D eigenvalue weighted by molar-refractivity contribution is 5.95. The van der Waals surface area contributed by atoms with Crippen LogP contribution in [0.25, 0.3) is 0 Å². The molecule has 1 saturated heterocycles. The number of carbonyl (C=O) groups excluding carboxylic acids is 1. The molecular weight excluding hydrogens is 309 g/mol. The van der Waals surface area contributed by atoms with Crippen LogP contribution in [0.3, 0.4) is 0 Å². The van der Waals surface area contributed by atoms with Gasteiger partial charge in [0.15, 0.2) is 0 Å². The lowest BCUT2D eigenvalue weighted by atomic mass is 9.97. The maximum absolute atomic E-state index is 12.8. The van der Waals surface area contributed by atoms with E-state index in [1.165, 1.54) is 17.0 Å². The Morgan fingerprint density at radius 3 is 2.65 bits per heavy atom. The van der Waals surface area contributed by atoms with E-state index in [1.807, 2.05) is 13.8 Å². The summed E-state index contributed by atoms with van der Waals surface area (Å²) in [5.41, 5.74) is 6.44. The molecule has 1 unspecified atom stereocenters. The van der Waals surface area contributed by atoms with Crippen molar-refractivity contribution in [2.45, 2.75) is 39.0 Å². The second-order valence-corrected chi connectivity index (χ2v) is 6.05. The Morgan fingerprint density at radius 1 is 1.39 bits per heavy atom. The number of amides is 1. The molecule has 2 rings (SSSR count). The highest BCUT2D eigenvalue weighted by Crippen LogP contribution is 2.34. The number of rotatable bonds is 3. The average molecular weight is 330 g/mol. The number of nitrogens with zero attached hydrogens (tertiary/aromatic N) is 1. The molecule has 0 aliphatic carbocycles. The summed E-state index contributed by atoms with van der Waals surface area (Å²) in [5, 5.41) is 0. The van der Waals surface area contributed by atoms with Crippen LogP contribution in [0.1, 0.15) is 37.0 Å². The van der Waals surface area contributed by atoms with Gasteiger partial charge >= 0.3 is 6.18 Å². The first-order valence-corrected chi connectivity index (χ1v) is 7.60.